The summed E-state index contributed by atoms with van der Waals surface area (Å²) >= 11 is 5.61. The number of rotatable bonds is 1. The van der Waals surface area contributed by atoms with Crippen molar-refractivity contribution in [3.63, 3.8) is 0 Å². The van der Waals surface area contributed by atoms with Crippen LogP contribution in [0.3, 0.4) is 0 Å². The maximum Gasteiger partial charge on any atom is 0.129 e. The lowest BCUT2D eigenvalue weighted by Crippen LogP contribution is -1.95. The van der Waals surface area contributed by atoms with Gasteiger partial charge in [0.15, 0.2) is 0 Å². The quantitative estimate of drug-likeness (QED) is 0.571. The van der Waals surface area contributed by atoms with E-state index in [0.29, 0.717) is 16.4 Å². The van der Waals surface area contributed by atoms with Crippen LogP contribution in [0.4, 0.5) is 0 Å². The molecule has 0 aliphatic heterocycles. The van der Waals surface area contributed by atoms with Crippen molar-refractivity contribution in [2.45, 2.75) is 13.8 Å². The number of hydrogen-bond acceptors (Lipinski definition) is 3. The standard InChI is InChI=1S/C8H6ClN3.C2H6/c9-8-5-6(2-4-12-8)7(11)1-3-10;1-2/h1-2,4-5H,11H2;1-2H3/b7-1+;. The molecule has 1 aromatic rings. The minimum Gasteiger partial charge on any atom is -0.398 e. The van der Waals surface area contributed by atoms with Gasteiger partial charge in [0, 0.05) is 23.5 Å². The molecule has 0 aromatic carbocycles. The fraction of sp³-hybridized carbons (Fsp3) is 0.200. The molecule has 0 spiro atoms. The van der Waals surface area contributed by atoms with Gasteiger partial charge in [-0.2, -0.15) is 5.26 Å². The van der Waals surface area contributed by atoms with E-state index in [1.54, 1.807) is 12.1 Å². The monoisotopic (exact) mass is 209 g/mol. The van der Waals surface area contributed by atoms with Crippen LogP contribution in [0.1, 0.15) is 19.4 Å². The topological polar surface area (TPSA) is 62.7 Å². The van der Waals surface area contributed by atoms with Crippen LogP contribution in [0.2, 0.25) is 5.15 Å². The average molecular weight is 210 g/mol. The van der Waals surface area contributed by atoms with Crippen LogP contribution >= 0.6 is 11.6 Å². The SMILES string of the molecule is CC.N#C/C=C(/N)c1ccnc(Cl)c1. The zero-order valence-corrected chi connectivity index (χ0v) is 8.92. The van der Waals surface area contributed by atoms with Crippen LogP contribution in [0.15, 0.2) is 24.4 Å². The summed E-state index contributed by atoms with van der Waals surface area (Å²) in [4.78, 5) is 3.78. The van der Waals surface area contributed by atoms with E-state index in [0.717, 1.165) is 0 Å². The lowest BCUT2D eigenvalue weighted by Gasteiger charge is -1.98. The zero-order chi connectivity index (χ0) is 11.0. The Morgan fingerprint density at radius 2 is 2.29 bits per heavy atom. The minimum atomic E-state index is 0.363. The molecule has 0 fully saturated rings. The minimum absolute atomic E-state index is 0.363. The summed E-state index contributed by atoms with van der Waals surface area (Å²) in [7, 11) is 0. The van der Waals surface area contributed by atoms with Crippen molar-refractivity contribution in [1.82, 2.24) is 4.98 Å². The van der Waals surface area contributed by atoms with Crippen LogP contribution in [-0.2, 0) is 0 Å². The Bertz CT molecular complexity index is 353. The summed E-state index contributed by atoms with van der Waals surface area (Å²) in [5.74, 6) is 0. The van der Waals surface area contributed by atoms with E-state index < -0.39 is 0 Å². The second-order valence-corrected chi connectivity index (χ2v) is 2.48. The van der Waals surface area contributed by atoms with Gasteiger partial charge in [-0.3, -0.25) is 0 Å². The first-order valence-electron chi connectivity index (χ1n) is 4.21. The van der Waals surface area contributed by atoms with Gasteiger partial charge in [0.1, 0.15) is 5.15 Å². The van der Waals surface area contributed by atoms with E-state index in [1.807, 2.05) is 19.9 Å². The zero-order valence-electron chi connectivity index (χ0n) is 8.16. The molecule has 1 aromatic heterocycles. The fourth-order valence-electron chi connectivity index (χ4n) is 0.735. The van der Waals surface area contributed by atoms with Gasteiger partial charge in [-0.15, -0.1) is 0 Å². The normalized spacial score (nSPS) is 9.71. The van der Waals surface area contributed by atoms with E-state index in [9.17, 15) is 0 Å². The van der Waals surface area contributed by atoms with Crippen molar-refractivity contribution in [3.05, 3.63) is 35.1 Å². The third-order valence-corrected chi connectivity index (χ3v) is 1.49. The lowest BCUT2D eigenvalue weighted by molar-refractivity contribution is 1.31. The Balaban J connectivity index is 0.000000791. The van der Waals surface area contributed by atoms with Gasteiger partial charge in [-0.1, -0.05) is 25.4 Å². The maximum atomic E-state index is 8.31. The number of nitrogens with two attached hydrogens (primary N) is 1. The fourth-order valence-corrected chi connectivity index (χ4v) is 0.909. The number of nitrogens with zero attached hydrogens (tertiary/aromatic N) is 2. The van der Waals surface area contributed by atoms with Crippen LogP contribution in [-0.4, -0.2) is 4.98 Å². The summed E-state index contributed by atoms with van der Waals surface area (Å²) in [5, 5.41) is 8.68. The predicted octanol–water partition coefficient (Wildman–Crippen LogP) is 2.58. The molecule has 0 amide bonds. The van der Waals surface area contributed by atoms with E-state index >= 15 is 0 Å². The molecule has 0 aliphatic carbocycles. The van der Waals surface area contributed by atoms with Gasteiger partial charge in [-0.05, 0) is 12.1 Å². The van der Waals surface area contributed by atoms with Gasteiger partial charge >= 0.3 is 0 Å². The van der Waals surface area contributed by atoms with Gasteiger partial charge in [0.2, 0.25) is 0 Å². The van der Waals surface area contributed by atoms with E-state index in [-0.39, 0.29) is 0 Å². The summed E-state index contributed by atoms with van der Waals surface area (Å²) in [6, 6.07) is 5.13. The molecule has 0 radical (unpaired) electrons. The molecule has 4 heteroatoms. The number of halogens is 1. The van der Waals surface area contributed by atoms with Gasteiger partial charge < -0.3 is 5.73 Å². The van der Waals surface area contributed by atoms with Crippen molar-refractivity contribution in [2.24, 2.45) is 5.73 Å². The molecule has 1 rings (SSSR count). The Morgan fingerprint density at radius 3 is 2.79 bits per heavy atom. The second-order valence-electron chi connectivity index (χ2n) is 2.10. The Labute approximate surface area is 88.8 Å². The molecular weight excluding hydrogens is 198 g/mol. The summed E-state index contributed by atoms with van der Waals surface area (Å²) < 4.78 is 0. The molecule has 3 nitrogen and oxygen atoms in total. The average Bonchev–Trinajstić information content (AvgIpc) is 2.21. The molecule has 14 heavy (non-hydrogen) atoms. The van der Waals surface area contributed by atoms with Crippen molar-refractivity contribution in [2.75, 3.05) is 0 Å². The highest BCUT2D eigenvalue weighted by Crippen LogP contribution is 2.11. The Kier molecular flexibility index (Phi) is 6.17. The highest BCUT2D eigenvalue weighted by Gasteiger charge is 1.96. The molecule has 0 atom stereocenters. The smallest absolute Gasteiger partial charge is 0.129 e. The second kappa shape index (κ2) is 6.93. The summed E-state index contributed by atoms with van der Waals surface area (Å²) in [6.45, 7) is 4.00. The first-order chi connectivity index (χ1) is 6.74. The van der Waals surface area contributed by atoms with Crippen molar-refractivity contribution >= 4 is 17.3 Å². The van der Waals surface area contributed by atoms with Crippen LogP contribution in [0.25, 0.3) is 5.70 Å². The Hall–Kier alpha value is -1.53. The van der Waals surface area contributed by atoms with Crippen molar-refractivity contribution < 1.29 is 0 Å². The van der Waals surface area contributed by atoms with Gasteiger partial charge in [0.05, 0.1) is 6.07 Å². The van der Waals surface area contributed by atoms with E-state index in [1.165, 1.54) is 12.3 Å². The molecule has 0 aliphatic rings. The highest BCUT2D eigenvalue weighted by molar-refractivity contribution is 6.29. The molecule has 0 unspecified atom stereocenters. The van der Waals surface area contributed by atoms with Crippen LogP contribution in [0.5, 0.6) is 0 Å². The molecule has 0 saturated heterocycles. The third kappa shape index (κ3) is 3.92. The van der Waals surface area contributed by atoms with Gasteiger partial charge in [0.25, 0.3) is 0 Å². The maximum absolute atomic E-state index is 8.31. The Morgan fingerprint density at radius 1 is 1.64 bits per heavy atom. The number of aromatic nitrogens is 1. The number of nitriles is 1. The third-order valence-electron chi connectivity index (χ3n) is 1.28. The molecule has 2 N–H and O–H groups in total. The van der Waals surface area contributed by atoms with E-state index in [4.69, 9.17) is 22.6 Å². The largest absolute Gasteiger partial charge is 0.398 e. The van der Waals surface area contributed by atoms with Crippen molar-refractivity contribution in [1.29, 1.82) is 5.26 Å². The number of pyridine rings is 1. The summed E-state index contributed by atoms with van der Waals surface area (Å²) in [6.07, 6.45) is 2.79. The lowest BCUT2D eigenvalue weighted by atomic mass is 10.2. The number of hydrogen-bond donors (Lipinski definition) is 1. The van der Waals surface area contributed by atoms with Crippen LogP contribution < -0.4 is 5.73 Å². The molecular formula is C10H12ClN3. The van der Waals surface area contributed by atoms with Crippen molar-refractivity contribution in [3.8, 4) is 6.07 Å². The predicted molar refractivity (Wildman–Crippen MR) is 58.4 cm³/mol. The molecule has 0 bridgehead atoms. The first-order valence-corrected chi connectivity index (χ1v) is 4.59. The first kappa shape index (κ1) is 12.5. The molecule has 1 heterocycles. The van der Waals surface area contributed by atoms with Gasteiger partial charge in [-0.25, -0.2) is 4.98 Å². The summed E-state index contributed by atoms with van der Waals surface area (Å²) in [5.41, 5.74) is 6.62. The molecule has 74 valence electrons. The number of allylic oxidation sites excluding steroid dienone is 1. The van der Waals surface area contributed by atoms with Crippen LogP contribution in [0, 0.1) is 11.3 Å². The highest BCUT2D eigenvalue weighted by atomic mass is 35.5. The molecule has 0 saturated carbocycles. The van der Waals surface area contributed by atoms with E-state index in [2.05, 4.69) is 4.98 Å².